The van der Waals surface area contributed by atoms with Crippen LogP contribution in [0.1, 0.15) is 38.3 Å². The molecule has 114 valence electrons. The van der Waals surface area contributed by atoms with Gasteiger partial charge in [0.2, 0.25) is 0 Å². The third-order valence-corrected chi connectivity index (χ3v) is 4.05. The zero-order valence-electron chi connectivity index (χ0n) is 13.7. The number of hydrogen-bond acceptors (Lipinski definition) is 3. The molecule has 2 rings (SSSR count). The predicted molar refractivity (Wildman–Crippen MR) is 88.5 cm³/mol. The Hall–Kier alpha value is -1.45. The molecule has 0 bridgehead atoms. The second kappa shape index (κ2) is 6.54. The lowest BCUT2D eigenvalue weighted by atomic mass is 9.99. The Morgan fingerprint density at radius 2 is 2.05 bits per heavy atom. The summed E-state index contributed by atoms with van der Waals surface area (Å²) in [6, 6.07) is 8.89. The molecule has 1 unspecified atom stereocenters. The summed E-state index contributed by atoms with van der Waals surface area (Å²) < 4.78 is 5.50. The number of hydrogen-bond donors (Lipinski definition) is 1. The first-order chi connectivity index (χ1) is 9.93. The molecule has 1 aromatic heterocycles. The van der Waals surface area contributed by atoms with Crippen molar-refractivity contribution in [2.24, 2.45) is 0 Å². The van der Waals surface area contributed by atoms with E-state index in [4.69, 9.17) is 4.74 Å². The molecule has 0 amide bonds. The molecule has 0 radical (unpaired) electrons. The Labute approximate surface area is 127 Å². The molecule has 0 aliphatic heterocycles. The van der Waals surface area contributed by atoms with Gasteiger partial charge in [0, 0.05) is 31.3 Å². The molecule has 0 fully saturated rings. The number of methoxy groups -OCH3 is 1. The standard InChI is InChI=1S/C18H26N2O/c1-13-8-9-15(16-7-6-10-19-17(13)16)12-20-14(2)11-18(3,4)21-5/h6-10,14,20H,11-12H2,1-5H3. The van der Waals surface area contributed by atoms with E-state index in [0.717, 1.165) is 18.5 Å². The van der Waals surface area contributed by atoms with E-state index in [1.54, 1.807) is 7.11 Å². The van der Waals surface area contributed by atoms with Crippen LogP contribution in [0.4, 0.5) is 0 Å². The average molecular weight is 286 g/mol. The topological polar surface area (TPSA) is 34.1 Å². The second-order valence-corrected chi connectivity index (χ2v) is 6.39. The van der Waals surface area contributed by atoms with Crippen LogP contribution in [0.5, 0.6) is 0 Å². The van der Waals surface area contributed by atoms with E-state index in [1.165, 1.54) is 16.5 Å². The van der Waals surface area contributed by atoms with E-state index in [2.05, 4.69) is 56.2 Å². The Kier molecular flexibility index (Phi) is 4.96. The lowest BCUT2D eigenvalue weighted by Gasteiger charge is -2.27. The van der Waals surface area contributed by atoms with Crippen LogP contribution in [-0.2, 0) is 11.3 Å². The highest BCUT2D eigenvalue weighted by Crippen LogP contribution is 2.21. The van der Waals surface area contributed by atoms with Gasteiger partial charge in [0.1, 0.15) is 0 Å². The van der Waals surface area contributed by atoms with Crippen LogP contribution in [-0.4, -0.2) is 23.7 Å². The molecule has 1 atom stereocenters. The van der Waals surface area contributed by atoms with E-state index in [9.17, 15) is 0 Å². The first-order valence-electron chi connectivity index (χ1n) is 7.55. The highest BCUT2D eigenvalue weighted by molar-refractivity contribution is 5.84. The molecule has 2 aromatic rings. The van der Waals surface area contributed by atoms with Crippen molar-refractivity contribution in [2.75, 3.05) is 7.11 Å². The van der Waals surface area contributed by atoms with Crippen molar-refractivity contribution in [2.45, 2.75) is 52.3 Å². The molecule has 1 heterocycles. The largest absolute Gasteiger partial charge is 0.379 e. The Morgan fingerprint density at radius 1 is 1.29 bits per heavy atom. The average Bonchev–Trinajstić information content (AvgIpc) is 2.46. The minimum atomic E-state index is -0.0939. The van der Waals surface area contributed by atoms with E-state index in [-0.39, 0.29) is 5.60 Å². The molecule has 0 spiro atoms. The predicted octanol–water partition coefficient (Wildman–Crippen LogP) is 3.84. The third kappa shape index (κ3) is 4.02. The van der Waals surface area contributed by atoms with Crippen molar-refractivity contribution < 1.29 is 4.74 Å². The number of aryl methyl sites for hydroxylation is 1. The number of aromatic nitrogens is 1. The number of fused-ring (bicyclic) bond motifs is 1. The highest BCUT2D eigenvalue weighted by Gasteiger charge is 2.19. The van der Waals surface area contributed by atoms with E-state index < -0.39 is 0 Å². The van der Waals surface area contributed by atoms with Gasteiger partial charge in [-0.05, 0) is 51.3 Å². The normalized spacial score (nSPS) is 13.6. The second-order valence-electron chi connectivity index (χ2n) is 6.39. The maximum atomic E-state index is 5.50. The lowest BCUT2D eigenvalue weighted by molar-refractivity contribution is 0.00845. The minimum absolute atomic E-state index is 0.0939. The number of pyridine rings is 1. The lowest BCUT2D eigenvalue weighted by Crippen LogP contribution is -2.35. The van der Waals surface area contributed by atoms with E-state index >= 15 is 0 Å². The summed E-state index contributed by atoms with van der Waals surface area (Å²) in [5, 5.41) is 4.83. The molecule has 3 heteroatoms. The number of ether oxygens (including phenoxy) is 1. The summed E-state index contributed by atoms with van der Waals surface area (Å²) in [4.78, 5) is 4.49. The molecule has 0 aliphatic carbocycles. The summed E-state index contributed by atoms with van der Waals surface area (Å²) in [5.74, 6) is 0. The maximum Gasteiger partial charge on any atom is 0.0734 e. The van der Waals surface area contributed by atoms with Gasteiger partial charge in [0.15, 0.2) is 0 Å². The molecule has 0 aliphatic rings. The summed E-state index contributed by atoms with van der Waals surface area (Å²) in [6.45, 7) is 9.40. The van der Waals surface area contributed by atoms with E-state index in [0.29, 0.717) is 6.04 Å². The number of nitrogens with zero attached hydrogens (tertiary/aromatic N) is 1. The van der Waals surface area contributed by atoms with Gasteiger partial charge in [-0.15, -0.1) is 0 Å². The fraction of sp³-hybridized carbons (Fsp3) is 0.500. The zero-order chi connectivity index (χ0) is 15.5. The van der Waals surface area contributed by atoms with Gasteiger partial charge in [-0.1, -0.05) is 18.2 Å². The summed E-state index contributed by atoms with van der Waals surface area (Å²) in [5.41, 5.74) is 3.53. The smallest absolute Gasteiger partial charge is 0.0734 e. The van der Waals surface area contributed by atoms with Crippen molar-refractivity contribution in [1.82, 2.24) is 10.3 Å². The Balaban J connectivity index is 2.09. The van der Waals surface area contributed by atoms with Crippen LogP contribution >= 0.6 is 0 Å². The minimum Gasteiger partial charge on any atom is -0.379 e. The Morgan fingerprint density at radius 3 is 2.76 bits per heavy atom. The van der Waals surface area contributed by atoms with Crippen molar-refractivity contribution in [3.05, 3.63) is 41.6 Å². The van der Waals surface area contributed by atoms with Crippen molar-refractivity contribution in [3.63, 3.8) is 0 Å². The third-order valence-electron chi connectivity index (χ3n) is 4.05. The van der Waals surface area contributed by atoms with Gasteiger partial charge in [-0.3, -0.25) is 4.98 Å². The number of rotatable bonds is 6. The first kappa shape index (κ1) is 15.9. The summed E-state index contributed by atoms with van der Waals surface area (Å²) in [6.07, 6.45) is 2.84. The molecule has 0 saturated carbocycles. The summed E-state index contributed by atoms with van der Waals surface area (Å²) >= 11 is 0. The molecule has 3 nitrogen and oxygen atoms in total. The summed E-state index contributed by atoms with van der Waals surface area (Å²) in [7, 11) is 1.77. The van der Waals surface area contributed by atoms with Crippen LogP contribution in [0.25, 0.3) is 10.9 Å². The van der Waals surface area contributed by atoms with Crippen molar-refractivity contribution >= 4 is 10.9 Å². The van der Waals surface area contributed by atoms with Crippen molar-refractivity contribution in [1.29, 1.82) is 0 Å². The Bertz CT molecular complexity index is 607. The molecule has 0 saturated heterocycles. The maximum absolute atomic E-state index is 5.50. The molecule has 1 N–H and O–H groups in total. The molecular formula is C18H26N2O. The highest BCUT2D eigenvalue weighted by atomic mass is 16.5. The fourth-order valence-corrected chi connectivity index (χ4v) is 2.70. The van der Waals surface area contributed by atoms with Gasteiger partial charge >= 0.3 is 0 Å². The monoisotopic (exact) mass is 286 g/mol. The van der Waals surface area contributed by atoms with Crippen LogP contribution in [0, 0.1) is 6.92 Å². The molecular weight excluding hydrogens is 260 g/mol. The van der Waals surface area contributed by atoms with Gasteiger partial charge in [-0.25, -0.2) is 0 Å². The molecule has 21 heavy (non-hydrogen) atoms. The molecule has 1 aromatic carbocycles. The quantitative estimate of drug-likeness (QED) is 0.876. The van der Waals surface area contributed by atoms with Gasteiger partial charge < -0.3 is 10.1 Å². The SMILES string of the molecule is COC(C)(C)CC(C)NCc1ccc(C)c2ncccc12. The van der Waals surface area contributed by atoms with Crippen LogP contribution in [0.3, 0.4) is 0 Å². The van der Waals surface area contributed by atoms with Gasteiger partial charge in [0.25, 0.3) is 0 Å². The van der Waals surface area contributed by atoms with Crippen LogP contribution < -0.4 is 5.32 Å². The fourth-order valence-electron chi connectivity index (χ4n) is 2.70. The van der Waals surface area contributed by atoms with Crippen LogP contribution in [0.2, 0.25) is 0 Å². The van der Waals surface area contributed by atoms with Crippen LogP contribution in [0.15, 0.2) is 30.5 Å². The van der Waals surface area contributed by atoms with E-state index in [1.807, 2.05) is 12.3 Å². The number of benzene rings is 1. The number of nitrogens with one attached hydrogen (secondary N) is 1. The van der Waals surface area contributed by atoms with Gasteiger partial charge in [0.05, 0.1) is 11.1 Å². The van der Waals surface area contributed by atoms with Crippen molar-refractivity contribution in [3.8, 4) is 0 Å². The van der Waals surface area contributed by atoms with Gasteiger partial charge in [-0.2, -0.15) is 0 Å². The zero-order valence-corrected chi connectivity index (χ0v) is 13.7. The first-order valence-corrected chi connectivity index (χ1v) is 7.55.